The van der Waals surface area contributed by atoms with Gasteiger partial charge in [0, 0.05) is 36.4 Å². The van der Waals surface area contributed by atoms with Crippen molar-refractivity contribution in [3.8, 4) is 11.6 Å². The minimum absolute atomic E-state index is 0.0905. The van der Waals surface area contributed by atoms with Crippen LogP contribution in [0.5, 0.6) is 11.6 Å². The summed E-state index contributed by atoms with van der Waals surface area (Å²) in [5.41, 5.74) is -1.17. The number of nitrogens with zero attached hydrogens (tertiary/aromatic N) is 2. The summed E-state index contributed by atoms with van der Waals surface area (Å²) in [6.45, 7) is 13.7. The van der Waals surface area contributed by atoms with E-state index in [0.717, 1.165) is 30.8 Å². The molecule has 12 heteroatoms. The molecule has 0 bridgehead atoms. The first kappa shape index (κ1) is 36.3. The molecule has 2 N–H and O–H groups in total. The van der Waals surface area contributed by atoms with Gasteiger partial charge in [-0.2, -0.15) is 0 Å². The van der Waals surface area contributed by atoms with Gasteiger partial charge in [0.05, 0.1) is 42.9 Å². The minimum atomic E-state index is -2.89. The van der Waals surface area contributed by atoms with E-state index in [1.807, 2.05) is 13.8 Å². The molecule has 2 aromatic rings. The molecule has 2 fully saturated rings. The van der Waals surface area contributed by atoms with Crippen molar-refractivity contribution in [2.75, 3.05) is 32.8 Å². The molecule has 2 amide bonds. The van der Waals surface area contributed by atoms with Gasteiger partial charge in [0.15, 0.2) is 0 Å². The van der Waals surface area contributed by atoms with Crippen molar-refractivity contribution in [2.45, 2.75) is 78.4 Å². The molecule has 4 rings (SSSR count). The van der Waals surface area contributed by atoms with Crippen molar-refractivity contribution in [1.29, 1.82) is 0 Å². The van der Waals surface area contributed by atoms with Gasteiger partial charge in [-0.3, -0.25) is 14.6 Å². The number of carbonyl (C=O) groups excluding carboxylic acids is 2. The number of halogens is 2. The van der Waals surface area contributed by atoms with Crippen LogP contribution in [0.4, 0.5) is 20.2 Å². The van der Waals surface area contributed by atoms with Gasteiger partial charge in [-0.05, 0) is 76.5 Å². The van der Waals surface area contributed by atoms with Gasteiger partial charge in [-0.15, -0.1) is 0 Å². The van der Waals surface area contributed by atoms with E-state index in [9.17, 15) is 18.4 Å². The summed E-state index contributed by atoms with van der Waals surface area (Å²) in [7, 11) is 4.41. The molecule has 1 aromatic heterocycles. The highest BCUT2D eigenvalue weighted by Crippen LogP contribution is 2.49. The lowest BCUT2D eigenvalue weighted by Crippen LogP contribution is -2.58. The average molecular weight is 649 g/mol. The first-order valence-electron chi connectivity index (χ1n) is 15.2. The Morgan fingerprint density at radius 2 is 1.87 bits per heavy atom. The van der Waals surface area contributed by atoms with Gasteiger partial charge in [-0.25, -0.2) is 13.8 Å². The number of aliphatic imine (C=N–C) groups is 1. The zero-order chi connectivity index (χ0) is 33.5. The molecule has 3 atom stereocenters. The number of alkyl halides is 2. The van der Waals surface area contributed by atoms with Crippen molar-refractivity contribution < 1.29 is 32.6 Å². The molecule has 2 heterocycles. The molecule has 2 aliphatic rings. The van der Waals surface area contributed by atoms with Crippen molar-refractivity contribution in [2.24, 2.45) is 22.7 Å². The maximum atomic E-state index is 13.6. The molecule has 1 saturated heterocycles. The third kappa shape index (κ3) is 9.66. The fraction of sp³-hybridized carbons (Fsp3) is 0.576. The number of pyridine rings is 1. The van der Waals surface area contributed by atoms with E-state index in [0.29, 0.717) is 17.0 Å². The first-order valence-corrected chi connectivity index (χ1v) is 15.8. The highest BCUT2D eigenvalue weighted by Gasteiger charge is 2.51. The Hall–Kier alpha value is -3.17. The number of hydrogen-bond donors (Lipinski definition) is 2. The number of aromatic nitrogens is 1. The molecule has 0 radical (unpaired) electrons. The van der Waals surface area contributed by atoms with Crippen molar-refractivity contribution in [3.63, 3.8) is 0 Å². The van der Waals surface area contributed by atoms with Crippen LogP contribution < -0.4 is 20.1 Å². The quantitative estimate of drug-likeness (QED) is 0.220. The SMILES string of the molecule is CCC1COCC(C)C1.COc1cc(C(=O)NC2(C)CC(C(F)(F)P)C2)c(NC(=O)c2c(OC)ccc(N=C(C)C)c2C)cn1. The predicted molar refractivity (Wildman–Crippen MR) is 177 cm³/mol. The van der Waals surface area contributed by atoms with E-state index in [1.54, 1.807) is 35.2 Å². The van der Waals surface area contributed by atoms with Gasteiger partial charge in [0.1, 0.15) is 5.75 Å². The Bertz CT molecular complexity index is 1390. The Labute approximate surface area is 267 Å². The van der Waals surface area contributed by atoms with Gasteiger partial charge < -0.3 is 24.8 Å². The summed E-state index contributed by atoms with van der Waals surface area (Å²) in [5, 5.41) is 5.56. The van der Waals surface area contributed by atoms with E-state index in [2.05, 4.69) is 34.5 Å². The Morgan fingerprint density at radius 1 is 1.18 bits per heavy atom. The molecule has 1 saturated carbocycles. The summed E-state index contributed by atoms with van der Waals surface area (Å²) in [4.78, 5) is 35.2. The number of carbonyl (C=O) groups is 2. The van der Waals surface area contributed by atoms with Crippen LogP contribution in [-0.4, -0.2) is 61.1 Å². The number of methoxy groups -OCH3 is 2. The van der Waals surface area contributed by atoms with Crippen LogP contribution in [0.25, 0.3) is 0 Å². The molecule has 1 aliphatic heterocycles. The summed E-state index contributed by atoms with van der Waals surface area (Å²) < 4.78 is 43.1. The molecular weight excluding hydrogens is 601 g/mol. The largest absolute Gasteiger partial charge is 0.496 e. The summed E-state index contributed by atoms with van der Waals surface area (Å²) in [5.74, 6) is 0.247. The maximum Gasteiger partial charge on any atom is 0.261 e. The molecule has 3 unspecified atom stereocenters. The lowest BCUT2D eigenvalue weighted by molar-refractivity contribution is -0.0439. The molecule has 9 nitrogen and oxygen atoms in total. The molecule has 1 aliphatic carbocycles. The zero-order valence-electron chi connectivity index (χ0n) is 27.6. The predicted octanol–water partition coefficient (Wildman–Crippen LogP) is 7.21. The van der Waals surface area contributed by atoms with Crippen molar-refractivity contribution >= 4 is 38.1 Å². The van der Waals surface area contributed by atoms with Crippen LogP contribution in [0.1, 0.15) is 86.6 Å². The molecule has 248 valence electrons. The molecular formula is C33H47F2N4O5P. The van der Waals surface area contributed by atoms with E-state index >= 15 is 0 Å². The fourth-order valence-electron chi connectivity index (χ4n) is 5.68. The second-order valence-corrected chi connectivity index (χ2v) is 13.3. The lowest BCUT2D eigenvalue weighted by Gasteiger charge is -2.47. The Kier molecular flexibility index (Phi) is 12.4. The standard InChI is InChI=1S/C25H31F2N4O4P.C8H16O/c1-13(2)29-17-7-8-19(34-5)21(14(17)3)23(33)30-18-12-28-20(35-6)9-16(18)22(32)31-24(4)10-15(11-24)25(26,27)36;1-3-8-4-7(2)5-9-6-8/h7-9,12,15H,10-11,36H2,1-6H3,(H,30,33)(H,31,32);7-8H,3-6H2,1-2H3. The molecule has 1 aromatic carbocycles. The maximum absolute atomic E-state index is 13.6. The van der Waals surface area contributed by atoms with Gasteiger partial charge in [-0.1, -0.05) is 29.5 Å². The second-order valence-electron chi connectivity index (χ2n) is 12.5. The number of nitrogens with one attached hydrogen (secondary N) is 2. The van der Waals surface area contributed by atoms with Crippen LogP contribution in [0.2, 0.25) is 0 Å². The van der Waals surface area contributed by atoms with E-state index in [4.69, 9.17) is 14.2 Å². The molecule has 0 spiro atoms. The van der Waals surface area contributed by atoms with E-state index in [1.165, 1.54) is 39.3 Å². The Morgan fingerprint density at radius 3 is 2.40 bits per heavy atom. The fourth-order valence-corrected chi connectivity index (χ4v) is 5.92. The van der Waals surface area contributed by atoms with Crippen LogP contribution >= 0.6 is 9.24 Å². The highest BCUT2D eigenvalue weighted by molar-refractivity contribution is 7.18. The van der Waals surface area contributed by atoms with Crippen LogP contribution in [0.15, 0.2) is 29.4 Å². The average Bonchev–Trinajstić information content (AvgIpc) is 2.96. The van der Waals surface area contributed by atoms with E-state index in [-0.39, 0.29) is 35.5 Å². The normalized spacial score (nSPS) is 22.6. The monoisotopic (exact) mass is 648 g/mol. The number of hydrogen-bond acceptors (Lipinski definition) is 7. The smallest absolute Gasteiger partial charge is 0.261 e. The zero-order valence-corrected chi connectivity index (χ0v) is 28.7. The van der Waals surface area contributed by atoms with Crippen LogP contribution in [0.3, 0.4) is 0 Å². The summed E-state index contributed by atoms with van der Waals surface area (Å²) in [6.07, 6.45) is 4.22. The molecule has 45 heavy (non-hydrogen) atoms. The number of ether oxygens (including phenoxy) is 3. The van der Waals surface area contributed by atoms with Gasteiger partial charge in [0.25, 0.3) is 17.5 Å². The first-order chi connectivity index (χ1) is 21.1. The number of amides is 2. The van der Waals surface area contributed by atoms with Crippen molar-refractivity contribution in [1.82, 2.24) is 10.3 Å². The lowest BCUT2D eigenvalue weighted by atomic mass is 9.69. The summed E-state index contributed by atoms with van der Waals surface area (Å²) in [6, 6.07) is 4.80. The third-order valence-corrected chi connectivity index (χ3v) is 8.66. The second kappa shape index (κ2) is 15.4. The number of benzene rings is 1. The highest BCUT2D eigenvalue weighted by atomic mass is 31.0. The van der Waals surface area contributed by atoms with Crippen LogP contribution in [0, 0.1) is 24.7 Å². The van der Waals surface area contributed by atoms with E-state index < -0.39 is 28.9 Å². The van der Waals surface area contributed by atoms with Gasteiger partial charge in [0.2, 0.25) is 5.88 Å². The van der Waals surface area contributed by atoms with Crippen molar-refractivity contribution in [3.05, 3.63) is 41.1 Å². The number of rotatable bonds is 9. The van der Waals surface area contributed by atoms with Gasteiger partial charge >= 0.3 is 0 Å². The third-order valence-electron chi connectivity index (χ3n) is 8.19. The topological polar surface area (TPSA) is 111 Å². The Balaban J connectivity index is 0.000000525. The number of anilines is 1. The minimum Gasteiger partial charge on any atom is -0.496 e. The van der Waals surface area contributed by atoms with Crippen LogP contribution in [-0.2, 0) is 4.74 Å². The summed E-state index contributed by atoms with van der Waals surface area (Å²) >= 11 is 0.